The molecule has 0 bridgehead atoms. The van der Waals surface area contributed by atoms with Crippen LogP contribution >= 0.6 is 0 Å². The molecule has 134 valence electrons. The first kappa shape index (κ1) is 19.8. The van der Waals surface area contributed by atoms with Crippen molar-refractivity contribution in [3.8, 4) is 11.5 Å². The van der Waals surface area contributed by atoms with E-state index in [-0.39, 0.29) is 25.3 Å². The van der Waals surface area contributed by atoms with Crippen LogP contribution in [0.2, 0.25) is 0 Å². The standard InChI is InChI=1S/C17H26N2O5/c1-19(2)10-5-11-24-17-13(6-4-7-14(17)23-3)12-18-15(20)8-9-16(21)22/h4,6-7H,5,8-12H2,1-3H3,(H,18,20)(H,21,22). The average Bonchev–Trinajstić information content (AvgIpc) is 2.54. The maximum absolute atomic E-state index is 11.7. The minimum atomic E-state index is -0.989. The Hall–Kier alpha value is -2.28. The zero-order chi connectivity index (χ0) is 17.9. The average molecular weight is 338 g/mol. The molecule has 0 aromatic heterocycles. The number of rotatable bonds is 11. The number of amides is 1. The molecule has 7 heteroatoms. The molecular weight excluding hydrogens is 312 g/mol. The smallest absolute Gasteiger partial charge is 0.303 e. The van der Waals surface area contributed by atoms with Crippen molar-refractivity contribution in [2.45, 2.75) is 25.8 Å². The second-order valence-corrected chi connectivity index (χ2v) is 5.62. The molecule has 0 radical (unpaired) electrons. The van der Waals surface area contributed by atoms with Gasteiger partial charge in [-0.15, -0.1) is 0 Å². The molecule has 1 rings (SSSR count). The molecule has 1 amide bonds. The van der Waals surface area contributed by atoms with Gasteiger partial charge in [-0.2, -0.15) is 0 Å². The number of carbonyl (C=O) groups is 2. The van der Waals surface area contributed by atoms with E-state index < -0.39 is 5.97 Å². The monoisotopic (exact) mass is 338 g/mol. The molecule has 7 nitrogen and oxygen atoms in total. The number of aliphatic carboxylic acids is 1. The SMILES string of the molecule is COc1cccc(CNC(=O)CCC(=O)O)c1OCCCN(C)C. The summed E-state index contributed by atoms with van der Waals surface area (Å²) in [5, 5.41) is 11.3. The fraction of sp³-hybridized carbons (Fsp3) is 0.529. The number of hydrogen-bond acceptors (Lipinski definition) is 5. The van der Waals surface area contributed by atoms with E-state index in [0.717, 1.165) is 18.5 Å². The van der Waals surface area contributed by atoms with Crippen LogP contribution < -0.4 is 14.8 Å². The summed E-state index contributed by atoms with van der Waals surface area (Å²) in [5.74, 6) is -0.0790. The zero-order valence-corrected chi connectivity index (χ0v) is 14.5. The topological polar surface area (TPSA) is 88.1 Å². The van der Waals surface area contributed by atoms with Crippen molar-refractivity contribution in [2.24, 2.45) is 0 Å². The van der Waals surface area contributed by atoms with Gasteiger partial charge in [-0.1, -0.05) is 12.1 Å². The lowest BCUT2D eigenvalue weighted by Gasteiger charge is -2.16. The quantitative estimate of drug-likeness (QED) is 0.595. The second kappa shape index (κ2) is 10.5. The number of carboxylic acids is 1. The lowest BCUT2D eigenvalue weighted by molar-refractivity contribution is -0.138. The van der Waals surface area contributed by atoms with Crippen LogP contribution in [0, 0.1) is 0 Å². The van der Waals surface area contributed by atoms with Gasteiger partial charge in [-0.3, -0.25) is 9.59 Å². The molecular formula is C17H26N2O5. The van der Waals surface area contributed by atoms with Crippen molar-refractivity contribution in [1.29, 1.82) is 0 Å². The van der Waals surface area contributed by atoms with Crippen molar-refractivity contribution in [2.75, 3.05) is 34.4 Å². The van der Waals surface area contributed by atoms with Crippen LogP contribution in [-0.4, -0.2) is 56.2 Å². The van der Waals surface area contributed by atoms with E-state index in [1.54, 1.807) is 13.2 Å². The van der Waals surface area contributed by atoms with Crippen molar-refractivity contribution in [3.05, 3.63) is 23.8 Å². The highest BCUT2D eigenvalue weighted by atomic mass is 16.5. The third-order valence-electron chi connectivity index (χ3n) is 3.32. The minimum Gasteiger partial charge on any atom is -0.493 e. The Morgan fingerprint density at radius 2 is 2.00 bits per heavy atom. The van der Waals surface area contributed by atoms with E-state index in [4.69, 9.17) is 14.6 Å². The van der Waals surface area contributed by atoms with Gasteiger partial charge in [-0.05, 0) is 26.6 Å². The Bertz CT molecular complexity index is 546. The van der Waals surface area contributed by atoms with Gasteiger partial charge in [0.25, 0.3) is 0 Å². The molecule has 0 spiro atoms. The van der Waals surface area contributed by atoms with Gasteiger partial charge in [0.2, 0.25) is 5.91 Å². The Labute approximate surface area is 142 Å². The maximum atomic E-state index is 11.7. The van der Waals surface area contributed by atoms with Gasteiger partial charge in [-0.25, -0.2) is 0 Å². The summed E-state index contributed by atoms with van der Waals surface area (Å²) in [6.45, 7) is 1.72. The molecule has 0 fully saturated rings. The van der Waals surface area contributed by atoms with E-state index in [9.17, 15) is 9.59 Å². The first-order valence-electron chi connectivity index (χ1n) is 7.86. The lowest BCUT2D eigenvalue weighted by atomic mass is 10.1. The van der Waals surface area contributed by atoms with Crippen LogP contribution in [0.5, 0.6) is 11.5 Å². The predicted molar refractivity (Wildman–Crippen MR) is 90.4 cm³/mol. The summed E-state index contributed by atoms with van der Waals surface area (Å²) in [5.41, 5.74) is 0.794. The summed E-state index contributed by atoms with van der Waals surface area (Å²) in [4.78, 5) is 24.2. The van der Waals surface area contributed by atoms with Crippen LogP contribution in [0.1, 0.15) is 24.8 Å². The highest BCUT2D eigenvalue weighted by Crippen LogP contribution is 2.31. The Morgan fingerprint density at radius 3 is 2.62 bits per heavy atom. The number of hydrogen-bond donors (Lipinski definition) is 2. The van der Waals surface area contributed by atoms with Crippen molar-refractivity contribution >= 4 is 11.9 Å². The minimum absolute atomic E-state index is 0.0433. The number of carbonyl (C=O) groups excluding carboxylic acids is 1. The van der Waals surface area contributed by atoms with Crippen LogP contribution in [0.3, 0.4) is 0 Å². The predicted octanol–water partition coefficient (Wildman–Crippen LogP) is 1.51. The largest absolute Gasteiger partial charge is 0.493 e. The summed E-state index contributed by atoms with van der Waals surface area (Å²) in [6, 6.07) is 5.47. The van der Waals surface area contributed by atoms with E-state index >= 15 is 0 Å². The van der Waals surface area contributed by atoms with Crippen molar-refractivity contribution < 1.29 is 24.2 Å². The van der Waals surface area contributed by atoms with Crippen molar-refractivity contribution in [1.82, 2.24) is 10.2 Å². The van der Waals surface area contributed by atoms with Gasteiger partial charge in [0.05, 0.1) is 20.1 Å². The lowest BCUT2D eigenvalue weighted by Crippen LogP contribution is -2.23. The maximum Gasteiger partial charge on any atom is 0.303 e. The third-order valence-corrected chi connectivity index (χ3v) is 3.32. The first-order chi connectivity index (χ1) is 11.4. The summed E-state index contributed by atoms with van der Waals surface area (Å²) < 4.78 is 11.2. The number of carboxylic acid groups (broad SMARTS) is 1. The van der Waals surface area contributed by atoms with E-state index in [2.05, 4.69) is 10.2 Å². The Balaban J connectivity index is 2.64. The number of ether oxygens (including phenoxy) is 2. The molecule has 24 heavy (non-hydrogen) atoms. The fourth-order valence-electron chi connectivity index (χ4n) is 2.08. The molecule has 0 unspecified atom stereocenters. The van der Waals surface area contributed by atoms with Crippen LogP contribution in [-0.2, 0) is 16.1 Å². The molecule has 1 aromatic carbocycles. The third kappa shape index (κ3) is 7.32. The normalized spacial score (nSPS) is 10.5. The number of methoxy groups -OCH3 is 1. The molecule has 0 aliphatic rings. The molecule has 0 aliphatic heterocycles. The van der Waals surface area contributed by atoms with Crippen molar-refractivity contribution in [3.63, 3.8) is 0 Å². The molecule has 0 atom stereocenters. The summed E-state index contributed by atoms with van der Waals surface area (Å²) >= 11 is 0. The van der Waals surface area contributed by atoms with E-state index in [0.29, 0.717) is 18.1 Å². The Kier molecular flexibility index (Phi) is 8.64. The van der Waals surface area contributed by atoms with Gasteiger partial charge in [0.15, 0.2) is 11.5 Å². The van der Waals surface area contributed by atoms with Gasteiger partial charge in [0, 0.05) is 25.1 Å². The van der Waals surface area contributed by atoms with E-state index in [1.807, 2.05) is 26.2 Å². The number of para-hydroxylation sites is 1. The number of nitrogens with one attached hydrogen (secondary N) is 1. The second-order valence-electron chi connectivity index (χ2n) is 5.62. The van der Waals surface area contributed by atoms with Gasteiger partial charge >= 0.3 is 5.97 Å². The summed E-state index contributed by atoms with van der Waals surface area (Å²) in [6.07, 6.45) is 0.644. The van der Waals surface area contributed by atoms with Gasteiger partial charge in [0.1, 0.15) is 0 Å². The highest BCUT2D eigenvalue weighted by molar-refractivity contribution is 5.80. The highest BCUT2D eigenvalue weighted by Gasteiger charge is 2.12. The molecule has 1 aromatic rings. The fourth-order valence-corrected chi connectivity index (χ4v) is 2.08. The Morgan fingerprint density at radius 1 is 1.25 bits per heavy atom. The number of benzene rings is 1. The van der Waals surface area contributed by atoms with Crippen LogP contribution in [0.4, 0.5) is 0 Å². The molecule has 0 aliphatic carbocycles. The molecule has 0 saturated heterocycles. The zero-order valence-electron chi connectivity index (χ0n) is 14.5. The van der Waals surface area contributed by atoms with Crippen LogP contribution in [0.15, 0.2) is 18.2 Å². The molecule has 0 saturated carbocycles. The van der Waals surface area contributed by atoms with Crippen LogP contribution in [0.25, 0.3) is 0 Å². The summed E-state index contributed by atoms with van der Waals surface area (Å²) in [7, 11) is 5.57. The molecule has 2 N–H and O–H groups in total. The van der Waals surface area contributed by atoms with E-state index in [1.165, 1.54) is 0 Å². The molecule has 0 heterocycles. The van der Waals surface area contributed by atoms with Gasteiger partial charge < -0.3 is 24.8 Å². The number of nitrogens with zero attached hydrogens (tertiary/aromatic N) is 1. The first-order valence-corrected chi connectivity index (χ1v) is 7.86.